The number of benzene rings is 2. The van der Waals surface area contributed by atoms with E-state index in [1.54, 1.807) is 21.3 Å². The average molecular weight is 427 g/mol. The standard InChI is InChI=1S/C25H34N2O4/c1-16(2)25(28)26-17(3)24-21-14-23(31-6)22(30-5)13-19(21)11-12-27(24)15-18-7-9-20(29-4)10-8-18/h7-10,13-14,16-17,24H,11-12,15H2,1-6H3,(H,26,28)/t17-,24-/m1/s1. The molecule has 3 rings (SSSR count). The normalized spacial score (nSPS) is 17.1. The molecule has 1 aliphatic heterocycles. The summed E-state index contributed by atoms with van der Waals surface area (Å²) in [5, 5.41) is 3.22. The molecular weight excluding hydrogens is 392 g/mol. The van der Waals surface area contributed by atoms with Gasteiger partial charge in [0.25, 0.3) is 0 Å². The Hall–Kier alpha value is -2.73. The molecule has 0 aliphatic carbocycles. The first-order chi connectivity index (χ1) is 14.9. The van der Waals surface area contributed by atoms with Crippen LogP contribution in [0.25, 0.3) is 0 Å². The monoisotopic (exact) mass is 426 g/mol. The first kappa shape index (κ1) is 22.9. The Morgan fingerprint density at radius 2 is 1.68 bits per heavy atom. The molecule has 31 heavy (non-hydrogen) atoms. The molecule has 0 fully saturated rings. The zero-order valence-corrected chi connectivity index (χ0v) is 19.4. The number of methoxy groups -OCH3 is 3. The van der Waals surface area contributed by atoms with Crippen molar-refractivity contribution in [1.29, 1.82) is 0 Å². The maximum atomic E-state index is 12.5. The van der Waals surface area contributed by atoms with Gasteiger partial charge in [0.15, 0.2) is 11.5 Å². The molecule has 0 bridgehead atoms. The quantitative estimate of drug-likeness (QED) is 0.692. The van der Waals surface area contributed by atoms with E-state index in [2.05, 4.69) is 41.4 Å². The fourth-order valence-electron chi connectivity index (χ4n) is 4.23. The molecule has 2 aromatic rings. The van der Waals surface area contributed by atoms with Crippen molar-refractivity contribution in [2.75, 3.05) is 27.9 Å². The van der Waals surface area contributed by atoms with E-state index in [4.69, 9.17) is 14.2 Å². The lowest BCUT2D eigenvalue weighted by Gasteiger charge is -2.41. The van der Waals surface area contributed by atoms with Gasteiger partial charge in [-0.15, -0.1) is 0 Å². The number of amides is 1. The van der Waals surface area contributed by atoms with Gasteiger partial charge in [0, 0.05) is 25.0 Å². The Labute approximate surface area is 185 Å². The number of fused-ring (bicyclic) bond motifs is 1. The summed E-state index contributed by atoms with van der Waals surface area (Å²) in [4.78, 5) is 14.9. The molecule has 0 saturated heterocycles. The summed E-state index contributed by atoms with van der Waals surface area (Å²) in [6.07, 6.45) is 0.910. The summed E-state index contributed by atoms with van der Waals surface area (Å²) in [7, 11) is 4.99. The van der Waals surface area contributed by atoms with Gasteiger partial charge >= 0.3 is 0 Å². The maximum absolute atomic E-state index is 12.5. The molecule has 2 aromatic carbocycles. The number of rotatable bonds is 8. The number of carbonyl (C=O) groups is 1. The second-order valence-electron chi connectivity index (χ2n) is 8.37. The highest BCUT2D eigenvalue weighted by molar-refractivity contribution is 5.78. The minimum absolute atomic E-state index is 0.0216. The van der Waals surface area contributed by atoms with Crippen molar-refractivity contribution >= 4 is 5.91 Å². The van der Waals surface area contributed by atoms with Gasteiger partial charge in [0.1, 0.15) is 5.75 Å². The fraction of sp³-hybridized carbons (Fsp3) is 0.480. The fourth-order valence-corrected chi connectivity index (χ4v) is 4.23. The van der Waals surface area contributed by atoms with Crippen molar-refractivity contribution in [2.45, 2.75) is 45.8 Å². The zero-order chi connectivity index (χ0) is 22.5. The minimum atomic E-state index is -0.0645. The lowest BCUT2D eigenvalue weighted by Crippen LogP contribution is -2.48. The SMILES string of the molecule is COc1ccc(CN2CCc3cc(OC)c(OC)cc3[C@H]2[C@@H](C)NC(=O)C(C)C)cc1. The van der Waals surface area contributed by atoms with E-state index in [1.165, 1.54) is 16.7 Å². The van der Waals surface area contributed by atoms with Gasteiger partial charge < -0.3 is 19.5 Å². The molecule has 0 radical (unpaired) electrons. The molecule has 2 atom stereocenters. The Kier molecular flexibility index (Phi) is 7.44. The van der Waals surface area contributed by atoms with Gasteiger partial charge in [-0.3, -0.25) is 9.69 Å². The molecular formula is C25H34N2O4. The first-order valence-electron chi connectivity index (χ1n) is 10.8. The number of nitrogens with zero attached hydrogens (tertiary/aromatic N) is 1. The van der Waals surface area contributed by atoms with Crippen molar-refractivity contribution in [1.82, 2.24) is 10.2 Å². The van der Waals surface area contributed by atoms with E-state index in [9.17, 15) is 4.79 Å². The van der Waals surface area contributed by atoms with Crippen LogP contribution in [0.2, 0.25) is 0 Å². The molecule has 1 aliphatic rings. The Balaban J connectivity index is 1.96. The van der Waals surface area contributed by atoms with Crippen LogP contribution in [0, 0.1) is 5.92 Å². The third-order valence-corrected chi connectivity index (χ3v) is 5.94. The number of carbonyl (C=O) groups excluding carboxylic acids is 1. The van der Waals surface area contributed by atoms with E-state index in [0.29, 0.717) is 5.75 Å². The van der Waals surface area contributed by atoms with Crippen LogP contribution in [-0.2, 0) is 17.8 Å². The van der Waals surface area contributed by atoms with Gasteiger partial charge in [-0.2, -0.15) is 0 Å². The van der Waals surface area contributed by atoms with Crippen LogP contribution in [0.4, 0.5) is 0 Å². The van der Waals surface area contributed by atoms with Crippen LogP contribution in [0.3, 0.4) is 0 Å². The lowest BCUT2D eigenvalue weighted by molar-refractivity contribution is -0.125. The second kappa shape index (κ2) is 10.1. The van der Waals surface area contributed by atoms with Crippen LogP contribution in [0.1, 0.15) is 43.5 Å². The van der Waals surface area contributed by atoms with Crippen LogP contribution in [0.15, 0.2) is 36.4 Å². The smallest absolute Gasteiger partial charge is 0.222 e. The summed E-state index contributed by atoms with van der Waals surface area (Å²) >= 11 is 0. The van der Waals surface area contributed by atoms with Gasteiger partial charge in [-0.1, -0.05) is 26.0 Å². The summed E-state index contributed by atoms with van der Waals surface area (Å²) in [6.45, 7) is 7.59. The van der Waals surface area contributed by atoms with Crippen molar-refractivity contribution < 1.29 is 19.0 Å². The lowest BCUT2D eigenvalue weighted by atomic mass is 9.87. The summed E-state index contributed by atoms with van der Waals surface area (Å²) in [5.74, 6) is 2.29. The highest BCUT2D eigenvalue weighted by Gasteiger charge is 2.34. The third kappa shape index (κ3) is 5.13. The number of hydrogen-bond acceptors (Lipinski definition) is 5. The van der Waals surface area contributed by atoms with E-state index in [-0.39, 0.29) is 23.9 Å². The number of ether oxygens (including phenoxy) is 3. The first-order valence-corrected chi connectivity index (χ1v) is 10.8. The third-order valence-electron chi connectivity index (χ3n) is 5.94. The summed E-state index contributed by atoms with van der Waals surface area (Å²) in [6, 6.07) is 12.3. The minimum Gasteiger partial charge on any atom is -0.497 e. The van der Waals surface area contributed by atoms with Gasteiger partial charge in [-0.25, -0.2) is 0 Å². The van der Waals surface area contributed by atoms with E-state index < -0.39 is 0 Å². The highest BCUT2D eigenvalue weighted by atomic mass is 16.5. The molecule has 1 heterocycles. The van der Waals surface area contributed by atoms with Gasteiger partial charge in [0.05, 0.1) is 27.4 Å². The van der Waals surface area contributed by atoms with E-state index in [0.717, 1.165) is 31.0 Å². The molecule has 6 nitrogen and oxygen atoms in total. The Bertz CT molecular complexity index is 895. The number of hydrogen-bond donors (Lipinski definition) is 1. The molecule has 168 valence electrons. The maximum Gasteiger partial charge on any atom is 0.222 e. The van der Waals surface area contributed by atoms with Gasteiger partial charge in [0.2, 0.25) is 5.91 Å². The average Bonchev–Trinajstić information content (AvgIpc) is 2.78. The largest absolute Gasteiger partial charge is 0.497 e. The van der Waals surface area contributed by atoms with Crippen molar-refractivity contribution in [3.63, 3.8) is 0 Å². The molecule has 0 aromatic heterocycles. The Morgan fingerprint density at radius 3 is 2.26 bits per heavy atom. The zero-order valence-electron chi connectivity index (χ0n) is 19.4. The van der Waals surface area contributed by atoms with Crippen molar-refractivity contribution in [3.05, 3.63) is 53.1 Å². The summed E-state index contributed by atoms with van der Waals surface area (Å²) in [5.41, 5.74) is 3.62. The van der Waals surface area contributed by atoms with Crippen molar-refractivity contribution in [3.8, 4) is 17.2 Å². The van der Waals surface area contributed by atoms with E-state index >= 15 is 0 Å². The second-order valence-corrected chi connectivity index (χ2v) is 8.37. The highest BCUT2D eigenvalue weighted by Crippen LogP contribution is 2.40. The summed E-state index contributed by atoms with van der Waals surface area (Å²) < 4.78 is 16.4. The molecule has 1 amide bonds. The van der Waals surface area contributed by atoms with Crippen LogP contribution >= 0.6 is 0 Å². The predicted molar refractivity (Wildman–Crippen MR) is 122 cm³/mol. The molecule has 0 saturated carbocycles. The topological polar surface area (TPSA) is 60.0 Å². The van der Waals surface area contributed by atoms with Crippen molar-refractivity contribution in [2.24, 2.45) is 5.92 Å². The van der Waals surface area contributed by atoms with Crippen LogP contribution in [0.5, 0.6) is 17.2 Å². The molecule has 0 spiro atoms. The molecule has 6 heteroatoms. The molecule has 1 N–H and O–H groups in total. The Morgan fingerprint density at radius 1 is 1.03 bits per heavy atom. The van der Waals surface area contributed by atoms with E-state index in [1.807, 2.05) is 26.0 Å². The van der Waals surface area contributed by atoms with Crippen LogP contribution in [-0.4, -0.2) is 44.7 Å². The molecule has 0 unspecified atom stereocenters. The number of nitrogens with one attached hydrogen (secondary N) is 1. The van der Waals surface area contributed by atoms with Crippen LogP contribution < -0.4 is 19.5 Å². The van der Waals surface area contributed by atoms with Gasteiger partial charge in [-0.05, 0) is 54.3 Å². The predicted octanol–water partition coefficient (Wildman–Crippen LogP) is 3.97.